The molecule has 20 heavy (non-hydrogen) atoms. The van der Waals surface area contributed by atoms with Crippen molar-refractivity contribution in [3.05, 3.63) is 29.8 Å². The largest absolute Gasteiger partial charge is 0.497 e. The van der Waals surface area contributed by atoms with Gasteiger partial charge in [0, 0.05) is 6.54 Å². The summed E-state index contributed by atoms with van der Waals surface area (Å²) in [6, 6.07) is 7.33. The van der Waals surface area contributed by atoms with Gasteiger partial charge in [-0.05, 0) is 24.1 Å². The van der Waals surface area contributed by atoms with Gasteiger partial charge in [-0.2, -0.15) is 0 Å². The van der Waals surface area contributed by atoms with Crippen LogP contribution in [0.4, 0.5) is 0 Å². The molecule has 0 atom stereocenters. The second kappa shape index (κ2) is 8.04. The minimum Gasteiger partial charge on any atom is -0.497 e. The second-order valence-electron chi connectivity index (χ2n) is 4.43. The Kier molecular flexibility index (Phi) is 6.36. The van der Waals surface area contributed by atoms with Crippen LogP contribution in [0.15, 0.2) is 29.4 Å². The third-order valence-electron chi connectivity index (χ3n) is 2.84. The van der Waals surface area contributed by atoms with Crippen LogP contribution in [0.1, 0.15) is 18.9 Å². The van der Waals surface area contributed by atoms with Gasteiger partial charge in [-0.3, -0.25) is 4.79 Å². The number of nitrogens with two attached hydrogens (primary N) is 1. The van der Waals surface area contributed by atoms with Crippen molar-refractivity contribution in [2.45, 2.75) is 19.8 Å². The average Bonchev–Trinajstić information content (AvgIpc) is 2.47. The highest BCUT2D eigenvalue weighted by atomic mass is 16.5. The van der Waals surface area contributed by atoms with Crippen LogP contribution in [0.3, 0.4) is 0 Å². The van der Waals surface area contributed by atoms with Gasteiger partial charge in [-0.25, -0.2) is 0 Å². The lowest BCUT2D eigenvalue weighted by molar-refractivity contribution is -0.129. The molecule has 110 valence electrons. The van der Waals surface area contributed by atoms with Crippen LogP contribution in [0.5, 0.6) is 5.75 Å². The van der Waals surface area contributed by atoms with E-state index in [1.54, 1.807) is 12.0 Å². The number of carbonyl (C=O) groups excluding carboxylic acids is 1. The van der Waals surface area contributed by atoms with Gasteiger partial charge in [0.15, 0.2) is 5.84 Å². The van der Waals surface area contributed by atoms with Crippen LogP contribution < -0.4 is 10.5 Å². The summed E-state index contributed by atoms with van der Waals surface area (Å²) in [5.74, 6) is 0.730. The van der Waals surface area contributed by atoms with Gasteiger partial charge in [0.2, 0.25) is 5.91 Å². The Balaban J connectivity index is 2.69. The van der Waals surface area contributed by atoms with E-state index >= 15 is 0 Å². The summed E-state index contributed by atoms with van der Waals surface area (Å²) in [7, 11) is 1.60. The minimum atomic E-state index is -0.0522. The number of hydrogen-bond donors (Lipinski definition) is 2. The molecule has 6 nitrogen and oxygen atoms in total. The van der Waals surface area contributed by atoms with Crippen molar-refractivity contribution in [3.63, 3.8) is 0 Å². The number of amides is 1. The molecule has 3 N–H and O–H groups in total. The maximum atomic E-state index is 12.2. The lowest BCUT2D eigenvalue weighted by Gasteiger charge is -2.21. The van der Waals surface area contributed by atoms with E-state index in [-0.39, 0.29) is 24.7 Å². The van der Waals surface area contributed by atoms with Gasteiger partial charge >= 0.3 is 0 Å². The standard InChI is InChI=1S/C14H21N3O3/c1-3-8-17(10-13(15)16-19)14(18)9-11-4-6-12(20-2)7-5-11/h4-7,19H,3,8-10H2,1-2H3,(H2,15,16). The molecular weight excluding hydrogens is 258 g/mol. The molecule has 0 spiro atoms. The molecule has 1 aromatic carbocycles. The molecular formula is C14H21N3O3. The van der Waals surface area contributed by atoms with Crippen LogP contribution in [0.2, 0.25) is 0 Å². The zero-order chi connectivity index (χ0) is 15.0. The summed E-state index contributed by atoms with van der Waals surface area (Å²) in [6.45, 7) is 2.68. The first-order valence-corrected chi connectivity index (χ1v) is 6.47. The normalized spacial score (nSPS) is 11.2. The molecule has 0 aliphatic carbocycles. The highest BCUT2D eigenvalue weighted by molar-refractivity contribution is 5.87. The Morgan fingerprint density at radius 1 is 1.40 bits per heavy atom. The Hall–Kier alpha value is -2.24. The number of hydrogen-bond acceptors (Lipinski definition) is 4. The van der Waals surface area contributed by atoms with Gasteiger partial charge < -0.3 is 20.6 Å². The maximum absolute atomic E-state index is 12.2. The SMILES string of the molecule is CCCN(CC(N)=NO)C(=O)Cc1ccc(OC)cc1. The number of ether oxygens (including phenoxy) is 1. The molecule has 6 heteroatoms. The summed E-state index contributed by atoms with van der Waals surface area (Å²) in [6.07, 6.45) is 1.09. The number of carbonyl (C=O) groups is 1. The third kappa shape index (κ3) is 4.79. The van der Waals surface area contributed by atoms with Gasteiger partial charge in [0.25, 0.3) is 0 Å². The number of oxime groups is 1. The highest BCUT2D eigenvalue weighted by Crippen LogP contribution is 2.12. The molecule has 0 aliphatic rings. The van der Waals surface area contributed by atoms with Crippen LogP contribution in [0, 0.1) is 0 Å². The van der Waals surface area contributed by atoms with Gasteiger partial charge in [-0.1, -0.05) is 24.2 Å². The number of methoxy groups -OCH3 is 1. The molecule has 1 aromatic rings. The quantitative estimate of drug-likeness (QED) is 0.340. The number of rotatable bonds is 7. The van der Waals surface area contributed by atoms with Gasteiger partial charge in [0.1, 0.15) is 5.75 Å². The number of benzene rings is 1. The molecule has 0 unspecified atom stereocenters. The number of amidine groups is 1. The Labute approximate surface area is 118 Å². The van der Waals surface area contributed by atoms with E-state index in [9.17, 15) is 4.79 Å². The topological polar surface area (TPSA) is 88.1 Å². The van der Waals surface area contributed by atoms with Crippen molar-refractivity contribution in [3.8, 4) is 5.75 Å². The first-order valence-electron chi connectivity index (χ1n) is 6.47. The maximum Gasteiger partial charge on any atom is 0.227 e. The molecule has 0 aromatic heterocycles. The molecule has 0 radical (unpaired) electrons. The van der Waals surface area contributed by atoms with E-state index in [0.717, 1.165) is 17.7 Å². The van der Waals surface area contributed by atoms with Crippen molar-refractivity contribution in [2.24, 2.45) is 10.9 Å². The molecule has 0 saturated carbocycles. The molecule has 0 saturated heterocycles. The summed E-state index contributed by atoms with van der Waals surface area (Å²) >= 11 is 0. The van der Waals surface area contributed by atoms with Crippen molar-refractivity contribution in [1.29, 1.82) is 0 Å². The molecule has 1 amide bonds. The summed E-state index contributed by atoms with van der Waals surface area (Å²) in [5.41, 5.74) is 6.36. The van der Waals surface area contributed by atoms with E-state index in [2.05, 4.69) is 5.16 Å². The van der Waals surface area contributed by atoms with E-state index in [1.165, 1.54) is 0 Å². The fraction of sp³-hybridized carbons (Fsp3) is 0.429. The van der Waals surface area contributed by atoms with Gasteiger partial charge in [-0.15, -0.1) is 0 Å². The third-order valence-corrected chi connectivity index (χ3v) is 2.84. The predicted octanol–water partition coefficient (Wildman–Crippen LogP) is 1.22. The van der Waals surface area contributed by atoms with Crippen molar-refractivity contribution in [2.75, 3.05) is 20.2 Å². The van der Waals surface area contributed by atoms with Crippen LogP contribution in [-0.4, -0.2) is 42.0 Å². The van der Waals surface area contributed by atoms with Crippen LogP contribution in [-0.2, 0) is 11.2 Å². The lowest BCUT2D eigenvalue weighted by atomic mass is 10.1. The fourth-order valence-corrected chi connectivity index (χ4v) is 1.82. The average molecular weight is 279 g/mol. The monoisotopic (exact) mass is 279 g/mol. The molecule has 0 fully saturated rings. The zero-order valence-electron chi connectivity index (χ0n) is 11.9. The Bertz CT molecular complexity index is 457. The first-order chi connectivity index (χ1) is 9.60. The van der Waals surface area contributed by atoms with Crippen molar-refractivity contribution in [1.82, 2.24) is 4.90 Å². The van der Waals surface area contributed by atoms with E-state index in [1.807, 2.05) is 31.2 Å². The van der Waals surface area contributed by atoms with Crippen molar-refractivity contribution >= 4 is 11.7 Å². The summed E-state index contributed by atoms with van der Waals surface area (Å²) < 4.78 is 5.07. The second-order valence-corrected chi connectivity index (χ2v) is 4.43. The lowest BCUT2D eigenvalue weighted by Crippen LogP contribution is -2.39. The van der Waals surface area contributed by atoms with Crippen LogP contribution in [0.25, 0.3) is 0 Å². The highest BCUT2D eigenvalue weighted by Gasteiger charge is 2.14. The zero-order valence-corrected chi connectivity index (χ0v) is 11.9. The first kappa shape index (κ1) is 15.8. The smallest absolute Gasteiger partial charge is 0.227 e. The van der Waals surface area contributed by atoms with Crippen molar-refractivity contribution < 1.29 is 14.7 Å². The predicted molar refractivity (Wildman–Crippen MR) is 77.0 cm³/mol. The molecule has 1 rings (SSSR count). The van der Waals surface area contributed by atoms with E-state index in [0.29, 0.717) is 6.54 Å². The number of nitrogens with zero attached hydrogens (tertiary/aromatic N) is 2. The minimum absolute atomic E-state index is 0.0292. The molecule has 0 bridgehead atoms. The summed E-state index contributed by atoms with van der Waals surface area (Å²) in [5, 5.41) is 11.5. The summed E-state index contributed by atoms with van der Waals surface area (Å²) in [4.78, 5) is 13.8. The van der Waals surface area contributed by atoms with E-state index < -0.39 is 0 Å². The molecule has 0 heterocycles. The van der Waals surface area contributed by atoms with Crippen LogP contribution >= 0.6 is 0 Å². The van der Waals surface area contributed by atoms with E-state index in [4.69, 9.17) is 15.7 Å². The fourth-order valence-electron chi connectivity index (χ4n) is 1.82. The molecule has 0 aliphatic heterocycles. The Morgan fingerprint density at radius 3 is 2.55 bits per heavy atom. The van der Waals surface area contributed by atoms with Gasteiger partial charge in [0.05, 0.1) is 20.1 Å². The Morgan fingerprint density at radius 2 is 2.05 bits per heavy atom.